The smallest absolute Gasteiger partial charge is 0.222 e. The molecule has 0 spiro atoms. The fourth-order valence-corrected chi connectivity index (χ4v) is 3.17. The monoisotopic (exact) mass is 333 g/mol. The van der Waals surface area contributed by atoms with Crippen molar-refractivity contribution in [2.24, 2.45) is 0 Å². The molecule has 0 saturated carbocycles. The molecule has 2 aliphatic heterocycles. The molecule has 0 radical (unpaired) electrons. The molecule has 1 fully saturated rings. The summed E-state index contributed by atoms with van der Waals surface area (Å²) in [6.07, 6.45) is 6.94. The SMILES string of the molecule is O=C(CC1CCCCO1)NCCCCc1ccc2c(c1)OCCO2. The molecule has 1 aromatic rings. The molecule has 5 nitrogen and oxygen atoms in total. The van der Waals surface area contributed by atoms with Crippen LogP contribution >= 0.6 is 0 Å². The van der Waals surface area contributed by atoms with Gasteiger partial charge in [0.05, 0.1) is 12.5 Å². The van der Waals surface area contributed by atoms with Crippen LogP contribution in [0.4, 0.5) is 0 Å². The van der Waals surface area contributed by atoms with E-state index in [1.165, 1.54) is 12.0 Å². The van der Waals surface area contributed by atoms with E-state index in [9.17, 15) is 4.79 Å². The van der Waals surface area contributed by atoms with E-state index in [0.29, 0.717) is 19.6 Å². The molecule has 1 unspecified atom stereocenters. The largest absolute Gasteiger partial charge is 0.486 e. The minimum absolute atomic E-state index is 0.112. The molecule has 0 bridgehead atoms. The fourth-order valence-electron chi connectivity index (χ4n) is 3.17. The van der Waals surface area contributed by atoms with E-state index in [2.05, 4.69) is 17.4 Å². The van der Waals surface area contributed by atoms with Crippen LogP contribution in [0.25, 0.3) is 0 Å². The Hall–Kier alpha value is -1.75. The lowest BCUT2D eigenvalue weighted by Crippen LogP contribution is -2.31. The van der Waals surface area contributed by atoms with Crippen LogP contribution in [-0.2, 0) is 16.0 Å². The van der Waals surface area contributed by atoms with E-state index in [1.54, 1.807) is 0 Å². The zero-order valence-corrected chi connectivity index (χ0v) is 14.2. The first-order valence-electron chi connectivity index (χ1n) is 9.08. The van der Waals surface area contributed by atoms with Gasteiger partial charge in [-0.25, -0.2) is 0 Å². The van der Waals surface area contributed by atoms with Crippen molar-refractivity contribution in [3.63, 3.8) is 0 Å². The second-order valence-electron chi connectivity index (χ2n) is 6.48. The fraction of sp³-hybridized carbons (Fsp3) is 0.632. The highest BCUT2D eigenvalue weighted by Crippen LogP contribution is 2.31. The number of amides is 1. The van der Waals surface area contributed by atoms with Gasteiger partial charge in [0.15, 0.2) is 11.5 Å². The third-order valence-electron chi connectivity index (χ3n) is 4.51. The molecule has 1 saturated heterocycles. The Morgan fingerprint density at radius 1 is 1.08 bits per heavy atom. The molecule has 1 amide bonds. The zero-order valence-electron chi connectivity index (χ0n) is 14.2. The standard InChI is InChI=1S/C19H27NO4/c21-19(14-16-6-2-4-10-22-16)20-9-3-1-5-15-7-8-17-18(13-15)24-12-11-23-17/h7-8,13,16H,1-6,9-12,14H2,(H,20,21). The molecule has 2 aliphatic rings. The predicted octanol–water partition coefficient (Wildman–Crippen LogP) is 2.86. The molecule has 5 heteroatoms. The van der Waals surface area contributed by atoms with Gasteiger partial charge >= 0.3 is 0 Å². The Labute approximate surface area is 143 Å². The summed E-state index contributed by atoms with van der Waals surface area (Å²) < 4.78 is 16.7. The molecule has 1 atom stereocenters. The number of unbranched alkanes of at least 4 members (excludes halogenated alkanes) is 1. The number of hydrogen-bond donors (Lipinski definition) is 1. The van der Waals surface area contributed by atoms with Crippen LogP contribution in [0.1, 0.15) is 44.1 Å². The van der Waals surface area contributed by atoms with Crippen molar-refractivity contribution < 1.29 is 19.0 Å². The van der Waals surface area contributed by atoms with Crippen molar-refractivity contribution in [3.8, 4) is 11.5 Å². The predicted molar refractivity (Wildman–Crippen MR) is 91.6 cm³/mol. The second-order valence-corrected chi connectivity index (χ2v) is 6.48. The number of hydrogen-bond acceptors (Lipinski definition) is 4. The maximum absolute atomic E-state index is 11.9. The lowest BCUT2D eigenvalue weighted by molar-refractivity contribution is -0.124. The molecular weight excluding hydrogens is 306 g/mol. The highest BCUT2D eigenvalue weighted by Gasteiger charge is 2.17. The maximum Gasteiger partial charge on any atom is 0.222 e. The van der Waals surface area contributed by atoms with Gasteiger partial charge in [-0.1, -0.05) is 6.07 Å². The molecule has 132 valence electrons. The first-order chi connectivity index (χ1) is 11.8. The first-order valence-corrected chi connectivity index (χ1v) is 9.08. The number of benzene rings is 1. The van der Waals surface area contributed by atoms with Gasteiger partial charge in [-0.2, -0.15) is 0 Å². The van der Waals surface area contributed by atoms with Crippen LogP contribution in [0, 0.1) is 0 Å². The lowest BCUT2D eigenvalue weighted by Gasteiger charge is -2.21. The van der Waals surface area contributed by atoms with Gasteiger partial charge in [0, 0.05) is 13.2 Å². The van der Waals surface area contributed by atoms with Crippen LogP contribution in [0.5, 0.6) is 11.5 Å². The summed E-state index contributed by atoms with van der Waals surface area (Å²) in [4.78, 5) is 11.9. The first kappa shape index (κ1) is 17.1. The molecule has 0 aliphatic carbocycles. The van der Waals surface area contributed by atoms with Gasteiger partial charge in [0.2, 0.25) is 5.91 Å². The summed E-state index contributed by atoms with van der Waals surface area (Å²) in [7, 11) is 0. The normalized spacial score (nSPS) is 19.8. The van der Waals surface area contributed by atoms with Crippen molar-refractivity contribution in [2.45, 2.75) is 51.0 Å². The number of aryl methyl sites for hydroxylation is 1. The molecule has 0 aromatic heterocycles. The molecule has 2 heterocycles. The quantitative estimate of drug-likeness (QED) is 0.780. The average Bonchev–Trinajstić information content (AvgIpc) is 2.62. The Morgan fingerprint density at radius 2 is 1.96 bits per heavy atom. The highest BCUT2D eigenvalue weighted by molar-refractivity contribution is 5.76. The molecule has 24 heavy (non-hydrogen) atoms. The average molecular weight is 333 g/mol. The Morgan fingerprint density at radius 3 is 2.79 bits per heavy atom. The van der Waals surface area contributed by atoms with E-state index in [0.717, 1.165) is 56.8 Å². The minimum Gasteiger partial charge on any atom is -0.486 e. The summed E-state index contributed by atoms with van der Waals surface area (Å²) >= 11 is 0. The minimum atomic E-state index is 0.112. The van der Waals surface area contributed by atoms with E-state index in [-0.39, 0.29) is 12.0 Å². The Balaban J connectivity index is 1.30. The van der Waals surface area contributed by atoms with Gasteiger partial charge in [-0.05, 0) is 56.2 Å². The van der Waals surface area contributed by atoms with E-state index in [4.69, 9.17) is 14.2 Å². The number of nitrogens with one attached hydrogen (secondary N) is 1. The van der Waals surface area contributed by atoms with Crippen molar-refractivity contribution in [2.75, 3.05) is 26.4 Å². The Kier molecular flexibility index (Phi) is 6.35. The third kappa shape index (κ3) is 5.13. The lowest BCUT2D eigenvalue weighted by atomic mass is 10.1. The maximum atomic E-state index is 11.9. The van der Waals surface area contributed by atoms with Gasteiger partial charge in [-0.3, -0.25) is 4.79 Å². The second kappa shape index (κ2) is 8.92. The van der Waals surface area contributed by atoms with Crippen LogP contribution in [0.15, 0.2) is 18.2 Å². The van der Waals surface area contributed by atoms with Gasteiger partial charge < -0.3 is 19.5 Å². The number of ether oxygens (including phenoxy) is 3. The summed E-state index contributed by atoms with van der Waals surface area (Å²) in [5, 5.41) is 3.00. The third-order valence-corrected chi connectivity index (χ3v) is 4.51. The van der Waals surface area contributed by atoms with Gasteiger partial charge in [0.1, 0.15) is 13.2 Å². The van der Waals surface area contributed by atoms with Crippen molar-refractivity contribution in [1.29, 1.82) is 0 Å². The van der Waals surface area contributed by atoms with Crippen LogP contribution in [0.2, 0.25) is 0 Å². The van der Waals surface area contributed by atoms with E-state index in [1.807, 2.05) is 6.07 Å². The summed E-state index contributed by atoms with van der Waals surface area (Å²) in [5.74, 6) is 1.79. The summed E-state index contributed by atoms with van der Waals surface area (Å²) in [5.41, 5.74) is 1.25. The Bertz CT molecular complexity index is 540. The topological polar surface area (TPSA) is 56.8 Å². The van der Waals surface area contributed by atoms with E-state index < -0.39 is 0 Å². The van der Waals surface area contributed by atoms with Crippen molar-refractivity contribution in [3.05, 3.63) is 23.8 Å². The molecule has 1 N–H and O–H groups in total. The zero-order chi connectivity index (χ0) is 16.6. The number of rotatable bonds is 7. The van der Waals surface area contributed by atoms with Crippen molar-refractivity contribution >= 4 is 5.91 Å². The van der Waals surface area contributed by atoms with Crippen molar-refractivity contribution in [1.82, 2.24) is 5.32 Å². The van der Waals surface area contributed by atoms with Gasteiger partial charge in [-0.15, -0.1) is 0 Å². The molecule has 1 aromatic carbocycles. The van der Waals surface area contributed by atoms with Crippen LogP contribution < -0.4 is 14.8 Å². The summed E-state index contributed by atoms with van der Waals surface area (Å²) in [6.45, 7) is 2.77. The molecule has 3 rings (SSSR count). The van der Waals surface area contributed by atoms with Crippen LogP contribution in [-0.4, -0.2) is 38.4 Å². The summed E-state index contributed by atoms with van der Waals surface area (Å²) in [6, 6.07) is 6.13. The highest BCUT2D eigenvalue weighted by atomic mass is 16.6. The molecular formula is C19H27NO4. The van der Waals surface area contributed by atoms with E-state index >= 15 is 0 Å². The van der Waals surface area contributed by atoms with Crippen LogP contribution in [0.3, 0.4) is 0 Å². The number of carbonyl (C=O) groups excluding carboxylic acids is 1. The number of carbonyl (C=O) groups is 1. The van der Waals surface area contributed by atoms with Gasteiger partial charge in [0.25, 0.3) is 0 Å². The number of fused-ring (bicyclic) bond motifs is 1.